The second-order valence-electron chi connectivity index (χ2n) is 3.54. The van der Waals surface area contributed by atoms with Crippen molar-refractivity contribution in [2.24, 2.45) is 5.73 Å². The van der Waals surface area contributed by atoms with Crippen LogP contribution in [0, 0.1) is 6.92 Å². The summed E-state index contributed by atoms with van der Waals surface area (Å²) in [6.45, 7) is 4.45. The molecule has 0 saturated heterocycles. The van der Waals surface area contributed by atoms with E-state index in [1.54, 1.807) is 6.07 Å². The molecule has 4 heteroatoms. The monoisotopic (exact) mass is 195 g/mol. The molecule has 0 aromatic carbocycles. The minimum atomic E-state index is -0.0813. The molecule has 0 amide bonds. The number of nitrogens with two attached hydrogens (primary N) is 1. The summed E-state index contributed by atoms with van der Waals surface area (Å²) in [5.41, 5.74) is 6.60. The molecule has 1 aromatic rings. The van der Waals surface area contributed by atoms with E-state index in [1.165, 1.54) is 10.7 Å². The first kappa shape index (κ1) is 10.9. The van der Waals surface area contributed by atoms with Crippen LogP contribution in [0.3, 0.4) is 0 Å². The second kappa shape index (κ2) is 4.91. The lowest BCUT2D eigenvalue weighted by molar-refractivity contribution is 0.462. The third kappa shape index (κ3) is 2.96. The van der Waals surface area contributed by atoms with Crippen LogP contribution in [-0.4, -0.2) is 15.8 Å². The summed E-state index contributed by atoms with van der Waals surface area (Å²) in [6.07, 6.45) is 1.95. The fourth-order valence-electron chi connectivity index (χ4n) is 1.37. The Morgan fingerprint density at radius 3 is 2.93 bits per heavy atom. The number of hydrogen-bond acceptors (Lipinski definition) is 3. The van der Waals surface area contributed by atoms with Gasteiger partial charge in [-0.25, -0.2) is 4.68 Å². The molecule has 1 aromatic heterocycles. The molecule has 4 nitrogen and oxygen atoms in total. The molecule has 1 rings (SSSR count). The van der Waals surface area contributed by atoms with Crippen molar-refractivity contribution in [2.75, 3.05) is 0 Å². The van der Waals surface area contributed by atoms with Crippen molar-refractivity contribution in [1.29, 1.82) is 0 Å². The molecular formula is C10H17N3O. The van der Waals surface area contributed by atoms with Gasteiger partial charge in [-0.2, -0.15) is 5.10 Å². The van der Waals surface area contributed by atoms with Gasteiger partial charge in [-0.1, -0.05) is 13.3 Å². The summed E-state index contributed by atoms with van der Waals surface area (Å²) in [6, 6.07) is 3.26. The highest BCUT2D eigenvalue weighted by molar-refractivity contribution is 4.97. The van der Waals surface area contributed by atoms with E-state index in [2.05, 4.69) is 12.0 Å². The number of aryl methyl sites for hydroxylation is 1. The van der Waals surface area contributed by atoms with E-state index in [-0.39, 0.29) is 11.6 Å². The van der Waals surface area contributed by atoms with Crippen LogP contribution in [0.1, 0.15) is 25.5 Å². The van der Waals surface area contributed by atoms with Crippen LogP contribution < -0.4 is 11.3 Å². The fourth-order valence-corrected chi connectivity index (χ4v) is 1.37. The van der Waals surface area contributed by atoms with E-state index in [9.17, 15) is 4.79 Å². The van der Waals surface area contributed by atoms with Gasteiger partial charge in [0.2, 0.25) is 0 Å². The second-order valence-corrected chi connectivity index (χ2v) is 3.54. The first-order chi connectivity index (χ1) is 6.63. The fraction of sp³-hybridized carbons (Fsp3) is 0.600. The molecule has 0 bridgehead atoms. The maximum Gasteiger partial charge on any atom is 0.266 e. The van der Waals surface area contributed by atoms with Gasteiger partial charge >= 0.3 is 0 Å². The third-order valence-corrected chi connectivity index (χ3v) is 2.07. The molecule has 0 spiro atoms. The molecule has 0 radical (unpaired) electrons. The van der Waals surface area contributed by atoms with Crippen LogP contribution in [0.5, 0.6) is 0 Å². The summed E-state index contributed by atoms with van der Waals surface area (Å²) < 4.78 is 1.44. The maximum atomic E-state index is 11.4. The minimum Gasteiger partial charge on any atom is -0.326 e. The van der Waals surface area contributed by atoms with Crippen molar-refractivity contribution in [3.05, 3.63) is 28.2 Å². The van der Waals surface area contributed by atoms with Crippen LogP contribution in [-0.2, 0) is 6.54 Å². The van der Waals surface area contributed by atoms with Gasteiger partial charge in [0.25, 0.3) is 5.56 Å². The predicted octanol–water partition coefficient (Wildman–Crippen LogP) is 0.679. The van der Waals surface area contributed by atoms with Gasteiger partial charge in [-0.15, -0.1) is 0 Å². The Labute approximate surface area is 83.7 Å². The predicted molar refractivity (Wildman–Crippen MR) is 56.1 cm³/mol. The van der Waals surface area contributed by atoms with Gasteiger partial charge in [0.05, 0.1) is 12.2 Å². The topological polar surface area (TPSA) is 60.9 Å². The van der Waals surface area contributed by atoms with Crippen molar-refractivity contribution in [2.45, 2.75) is 39.3 Å². The lowest BCUT2D eigenvalue weighted by atomic mass is 10.2. The van der Waals surface area contributed by atoms with Crippen LogP contribution in [0.25, 0.3) is 0 Å². The van der Waals surface area contributed by atoms with E-state index >= 15 is 0 Å². The zero-order valence-corrected chi connectivity index (χ0v) is 8.73. The molecule has 0 aliphatic heterocycles. The Morgan fingerprint density at radius 1 is 1.57 bits per heavy atom. The van der Waals surface area contributed by atoms with E-state index in [0.717, 1.165) is 18.5 Å². The van der Waals surface area contributed by atoms with Gasteiger partial charge < -0.3 is 5.73 Å². The number of hydrogen-bond donors (Lipinski definition) is 1. The highest BCUT2D eigenvalue weighted by atomic mass is 16.1. The number of nitrogens with zero attached hydrogens (tertiary/aromatic N) is 2. The Hall–Kier alpha value is -1.16. The van der Waals surface area contributed by atoms with Crippen molar-refractivity contribution < 1.29 is 0 Å². The molecule has 0 aliphatic rings. The zero-order valence-electron chi connectivity index (χ0n) is 8.73. The maximum absolute atomic E-state index is 11.4. The summed E-state index contributed by atoms with van der Waals surface area (Å²) in [5.74, 6) is 0. The summed E-state index contributed by atoms with van der Waals surface area (Å²) >= 11 is 0. The molecule has 0 saturated carbocycles. The normalized spacial score (nSPS) is 12.8. The van der Waals surface area contributed by atoms with Crippen molar-refractivity contribution in [1.82, 2.24) is 9.78 Å². The van der Waals surface area contributed by atoms with Gasteiger partial charge in [0.15, 0.2) is 0 Å². The molecule has 2 N–H and O–H groups in total. The average molecular weight is 195 g/mol. The Balaban J connectivity index is 2.75. The largest absolute Gasteiger partial charge is 0.326 e. The quantitative estimate of drug-likeness (QED) is 0.768. The highest BCUT2D eigenvalue weighted by Crippen LogP contribution is 1.95. The van der Waals surface area contributed by atoms with Crippen molar-refractivity contribution in [3.63, 3.8) is 0 Å². The van der Waals surface area contributed by atoms with Crippen molar-refractivity contribution >= 4 is 0 Å². The molecular weight excluding hydrogens is 178 g/mol. The highest BCUT2D eigenvalue weighted by Gasteiger charge is 2.04. The molecule has 14 heavy (non-hydrogen) atoms. The molecule has 1 unspecified atom stereocenters. The van der Waals surface area contributed by atoms with Gasteiger partial charge in [-0.05, 0) is 19.4 Å². The van der Waals surface area contributed by atoms with Gasteiger partial charge in [-0.3, -0.25) is 4.79 Å². The summed E-state index contributed by atoms with van der Waals surface area (Å²) in [5, 5.41) is 4.12. The van der Waals surface area contributed by atoms with Gasteiger partial charge in [0.1, 0.15) is 0 Å². The first-order valence-electron chi connectivity index (χ1n) is 4.94. The number of rotatable bonds is 4. The Bertz CT molecular complexity index is 345. The minimum absolute atomic E-state index is 0.0204. The van der Waals surface area contributed by atoms with Crippen LogP contribution in [0.15, 0.2) is 16.9 Å². The molecule has 1 heterocycles. The lowest BCUT2D eigenvalue weighted by Crippen LogP contribution is -2.33. The third-order valence-electron chi connectivity index (χ3n) is 2.07. The lowest BCUT2D eigenvalue weighted by Gasteiger charge is -2.11. The summed E-state index contributed by atoms with van der Waals surface area (Å²) in [7, 11) is 0. The molecule has 0 aliphatic carbocycles. The SMILES string of the molecule is CCCC(N)Cn1nc(C)ccc1=O. The zero-order chi connectivity index (χ0) is 10.6. The molecule has 0 fully saturated rings. The van der Waals surface area contributed by atoms with Crippen LogP contribution >= 0.6 is 0 Å². The standard InChI is InChI=1S/C10H17N3O/c1-3-4-9(11)7-13-10(14)6-5-8(2)12-13/h5-6,9H,3-4,7,11H2,1-2H3. The van der Waals surface area contributed by atoms with E-state index in [4.69, 9.17) is 5.73 Å². The molecule has 1 atom stereocenters. The van der Waals surface area contributed by atoms with Crippen LogP contribution in [0.4, 0.5) is 0 Å². The van der Waals surface area contributed by atoms with E-state index in [1.807, 2.05) is 6.92 Å². The first-order valence-corrected chi connectivity index (χ1v) is 4.94. The number of aromatic nitrogens is 2. The van der Waals surface area contributed by atoms with Gasteiger partial charge in [0, 0.05) is 12.1 Å². The Morgan fingerprint density at radius 2 is 2.29 bits per heavy atom. The summed E-state index contributed by atoms with van der Waals surface area (Å²) in [4.78, 5) is 11.4. The molecule has 78 valence electrons. The van der Waals surface area contributed by atoms with E-state index in [0.29, 0.717) is 6.54 Å². The Kier molecular flexibility index (Phi) is 3.83. The van der Waals surface area contributed by atoms with E-state index < -0.39 is 0 Å². The average Bonchev–Trinajstić information content (AvgIpc) is 2.12. The van der Waals surface area contributed by atoms with Crippen molar-refractivity contribution in [3.8, 4) is 0 Å². The smallest absolute Gasteiger partial charge is 0.266 e. The van der Waals surface area contributed by atoms with Crippen LogP contribution in [0.2, 0.25) is 0 Å².